The minimum atomic E-state index is -0.352. The first-order chi connectivity index (χ1) is 13.5. The lowest BCUT2D eigenvalue weighted by atomic mass is 10.1. The maximum absolute atomic E-state index is 12.5. The van der Waals surface area contributed by atoms with E-state index in [1.807, 2.05) is 0 Å². The lowest BCUT2D eigenvalue weighted by molar-refractivity contribution is 0.0924. The standard InChI is InChI=1S/C20H24N2O6/c1-25-14-9-8-13(12-17(14)28-4)19(23)21-10-11-22-20(24)18-15(26-2)6-5-7-16(18)27-3/h5-9,12H,10-11H2,1-4H3,(H,21,23)(H,22,24). The molecule has 0 unspecified atom stereocenters. The molecule has 8 nitrogen and oxygen atoms in total. The number of hydrogen-bond donors (Lipinski definition) is 2. The summed E-state index contributed by atoms with van der Waals surface area (Å²) in [5.41, 5.74) is 0.731. The third-order valence-electron chi connectivity index (χ3n) is 4.00. The molecule has 0 aromatic heterocycles. The largest absolute Gasteiger partial charge is 0.496 e. The molecule has 150 valence electrons. The predicted octanol–water partition coefficient (Wildman–Crippen LogP) is 1.88. The van der Waals surface area contributed by atoms with E-state index in [1.54, 1.807) is 36.4 Å². The number of methoxy groups -OCH3 is 4. The van der Waals surface area contributed by atoms with E-state index in [9.17, 15) is 9.59 Å². The Kier molecular flexibility index (Phi) is 7.50. The van der Waals surface area contributed by atoms with E-state index in [4.69, 9.17) is 18.9 Å². The molecule has 0 aliphatic carbocycles. The summed E-state index contributed by atoms with van der Waals surface area (Å²) in [4.78, 5) is 24.7. The molecule has 0 atom stereocenters. The molecule has 0 heterocycles. The molecule has 2 N–H and O–H groups in total. The molecular weight excluding hydrogens is 364 g/mol. The second kappa shape index (κ2) is 10.1. The van der Waals surface area contributed by atoms with Gasteiger partial charge in [-0.1, -0.05) is 6.07 Å². The monoisotopic (exact) mass is 388 g/mol. The SMILES string of the molecule is COc1ccc(C(=O)NCCNC(=O)c2c(OC)cccc2OC)cc1OC. The first-order valence-electron chi connectivity index (χ1n) is 8.55. The molecule has 0 radical (unpaired) electrons. The normalized spacial score (nSPS) is 10.0. The maximum atomic E-state index is 12.5. The van der Waals surface area contributed by atoms with Crippen LogP contribution < -0.4 is 29.6 Å². The van der Waals surface area contributed by atoms with Gasteiger partial charge in [0.1, 0.15) is 17.1 Å². The van der Waals surface area contributed by atoms with Crippen LogP contribution in [0.25, 0.3) is 0 Å². The second-order valence-corrected chi connectivity index (χ2v) is 5.62. The zero-order chi connectivity index (χ0) is 20.5. The number of ether oxygens (including phenoxy) is 4. The van der Waals surface area contributed by atoms with Crippen LogP contribution in [0.2, 0.25) is 0 Å². The molecule has 0 fully saturated rings. The Morgan fingerprint density at radius 2 is 1.25 bits per heavy atom. The van der Waals surface area contributed by atoms with Crippen molar-refractivity contribution >= 4 is 11.8 Å². The van der Waals surface area contributed by atoms with E-state index < -0.39 is 0 Å². The van der Waals surface area contributed by atoms with Gasteiger partial charge in [-0.15, -0.1) is 0 Å². The van der Waals surface area contributed by atoms with Crippen LogP contribution in [0, 0.1) is 0 Å². The zero-order valence-corrected chi connectivity index (χ0v) is 16.3. The van der Waals surface area contributed by atoms with Crippen molar-refractivity contribution in [3.63, 3.8) is 0 Å². The summed E-state index contributed by atoms with van der Waals surface area (Å²) in [6, 6.07) is 9.97. The smallest absolute Gasteiger partial charge is 0.258 e. The number of carbonyl (C=O) groups excluding carboxylic acids is 2. The van der Waals surface area contributed by atoms with Gasteiger partial charge in [-0.3, -0.25) is 9.59 Å². The Bertz CT molecular complexity index is 815. The van der Waals surface area contributed by atoms with Crippen molar-refractivity contribution in [1.29, 1.82) is 0 Å². The molecule has 2 rings (SSSR count). The molecule has 28 heavy (non-hydrogen) atoms. The Hall–Kier alpha value is -3.42. The highest BCUT2D eigenvalue weighted by Crippen LogP contribution is 2.28. The fourth-order valence-electron chi connectivity index (χ4n) is 2.59. The van der Waals surface area contributed by atoms with Gasteiger partial charge < -0.3 is 29.6 Å². The lowest BCUT2D eigenvalue weighted by Crippen LogP contribution is -2.35. The average Bonchev–Trinajstić information content (AvgIpc) is 2.74. The zero-order valence-electron chi connectivity index (χ0n) is 16.3. The van der Waals surface area contributed by atoms with Gasteiger partial charge in [0, 0.05) is 18.7 Å². The van der Waals surface area contributed by atoms with Crippen molar-refractivity contribution < 1.29 is 28.5 Å². The molecule has 0 aliphatic rings. The first kappa shape index (κ1) is 20.9. The fourth-order valence-corrected chi connectivity index (χ4v) is 2.59. The van der Waals surface area contributed by atoms with Gasteiger partial charge in [-0.25, -0.2) is 0 Å². The van der Waals surface area contributed by atoms with Crippen LogP contribution in [0.1, 0.15) is 20.7 Å². The van der Waals surface area contributed by atoms with Gasteiger partial charge in [-0.05, 0) is 30.3 Å². The van der Waals surface area contributed by atoms with Crippen LogP contribution in [0.3, 0.4) is 0 Å². The van der Waals surface area contributed by atoms with Gasteiger partial charge in [0.25, 0.3) is 11.8 Å². The van der Waals surface area contributed by atoms with Gasteiger partial charge >= 0.3 is 0 Å². The quantitative estimate of drug-likeness (QED) is 0.637. The first-order valence-corrected chi connectivity index (χ1v) is 8.55. The number of nitrogens with one attached hydrogen (secondary N) is 2. The van der Waals surface area contributed by atoms with Gasteiger partial charge in [-0.2, -0.15) is 0 Å². The minimum absolute atomic E-state index is 0.235. The second-order valence-electron chi connectivity index (χ2n) is 5.62. The van der Waals surface area contributed by atoms with Crippen LogP contribution in [0.15, 0.2) is 36.4 Å². The molecule has 2 aromatic carbocycles. The van der Waals surface area contributed by atoms with Crippen molar-refractivity contribution in [2.75, 3.05) is 41.5 Å². The Morgan fingerprint density at radius 3 is 1.79 bits per heavy atom. The highest BCUT2D eigenvalue weighted by atomic mass is 16.5. The van der Waals surface area contributed by atoms with Gasteiger partial charge in [0.15, 0.2) is 11.5 Å². The predicted molar refractivity (Wildman–Crippen MR) is 104 cm³/mol. The molecule has 0 spiro atoms. The van der Waals surface area contributed by atoms with Crippen LogP contribution >= 0.6 is 0 Å². The van der Waals surface area contributed by atoms with Crippen molar-refractivity contribution in [3.05, 3.63) is 47.5 Å². The average molecular weight is 388 g/mol. The molecular formula is C20H24N2O6. The summed E-state index contributed by atoms with van der Waals surface area (Å²) in [7, 11) is 5.99. The number of hydrogen-bond acceptors (Lipinski definition) is 6. The van der Waals surface area contributed by atoms with E-state index >= 15 is 0 Å². The van der Waals surface area contributed by atoms with Crippen molar-refractivity contribution in [1.82, 2.24) is 10.6 Å². The van der Waals surface area contributed by atoms with Crippen molar-refractivity contribution in [2.45, 2.75) is 0 Å². The van der Waals surface area contributed by atoms with Crippen LogP contribution in [-0.4, -0.2) is 53.3 Å². The molecule has 2 aromatic rings. The van der Waals surface area contributed by atoms with Crippen LogP contribution in [-0.2, 0) is 0 Å². The van der Waals surface area contributed by atoms with E-state index in [-0.39, 0.29) is 24.9 Å². The van der Waals surface area contributed by atoms with Crippen molar-refractivity contribution in [2.24, 2.45) is 0 Å². The molecule has 8 heteroatoms. The third kappa shape index (κ3) is 4.85. The molecule has 0 saturated heterocycles. The van der Waals surface area contributed by atoms with E-state index in [0.29, 0.717) is 34.1 Å². The van der Waals surface area contributed by atoms with Crippen LogP contribution in [0.4, 0.5) is 0 Å². The van der Waals surface area contributed by atoms with Gasteiger partial charge in [0.2, 0.25) is 0 Å². The Balaban J connectivity index is 1.93. The number of amides is 2. The summed E-state index contributed by atoms with van der Waals surface area (Å²) in [5.74, 6) is 1.18. The van der Waals surface area contributed by atoms with E-state index in [0.717, 1.165) is 0 Å². The van der Waals surface area contributed by atoms with Gasteiger partial charge in [0.05, 0.1) is 28.4 Å². The number of rotatable bonds is 9. The summed E-state index contributed by atoms with van der Waals surface area (Å²) in [6.07, 6.45) is 0. The topological polar surface area (TPSA) is 95.1 Å². The summed E-state index contributed by atoms with van der Waals surface area (Å²) < 4.78 is 20.8. The summed E-state index contributed by atoms with van der Waals surface area (Å²) in [5, 5.41) is 5.48. The highest BCUT2D eigenvalue weighted by Gasteiger charge is 2.17. The molecule has 2 amide bonds. The maximum Gasteiger partial charge on any atom is 0.258 e. The summed E-state index contributed by atoms with van der Waals surface area (Å²) >= 11 is 0. The number of benzene rings is 2. The van der Waals surface area contributed by atoms with Crippen LogP contribution in [0.5, 0.6) is 23.0 Å². The molecule has 0 aliphatic heterocycles. The third-order valence-corrected chi connectivity index (χ3v) is 4.00. The Morgan fingerprint density at radius 1 is 0.714 bits per heavy atom. The molecule has 0 bridgehead atoms. The number of carbonyl (C=O) groups is 2. The minimum Gasteiger partial charge on any atom is -0.496 e. The molecule has 0 saturated carbocycles. The summed E-state index contributed by atoms with van der Waals surface area (Å²) in [6.45, 7) is 0.482. The van der Waals surface area contributed by atoms with Crippen molar-refractivity contribution in [3.8, 4) is 23.0 Å². The fraction of sp³-hybridized carbons (Fsp3) is 0.300. The highest BCUT2D eigenvalue weighted by molar-refractivity contribution is 5.99. The lowest BCUT2D eigenvalue weighted by Gasteiger charge is -2.13. The Labute approximate surface area is 163 Å². The van der Waals surface area contributed by atoms with E-state index in [1.165, 1.54) is 28.4 Å². The van der Waals surface area contributed by atoms with E-state index in [2.05, 4.69) is 10.6 Å².